The molecule has 1 heterocycles. The lowest BCUT2D eigenvalue weighted by Gasteiger charge is -2.11. The van der Waals surface area contributed by atoms with Crippen LogP contribution in [0.1, 0.15) is 17.3 Å². The molecule has 162 valence electrons. The van der Waals surface area contributed by atoms with Crippen molar-refractivity contribution in [3.05, 3.63) is 87.4 Å². The summed E-state index contributed by atoms with van der Waals surface area (Å²) in [6.07, 6.45) is 0. The second-order valence-electron chi connectivity index (χ2n) is 6.97. The van der Waals surface area contributed by atoms with Crippen LogP contribution >= 0.6 is 12.2 Å². The van der Waals surface area contributed by atoms with Crippen molar-refractivity contribution in [1.29, 1.82) is 0 Å². The molecule has 0 saturated heterocycles. The quantitative estimate of drug-likeness (QED) is 0.400. The van der Waals surface area contributed by atoms with Gasteiger partial charge in [0.05, 0.1) is 18.0 Å². The Morgan fingerprint density at radius 3 is 2.47 bits per heavy atom. The number of methoxy groups -OCH3 is 1. The molecule has 3 aromatic carbocycles. The zero-order valence-corrected chi connectivity index (χ0v) is 18.4. The Hall–Kier alpha value is -3.91. The predicted molar refractivity (Wildman–Crippen MR) is 127 cm³/mol. The number of para-hydroxylation sites is 2. The summed E-state index contributed by atoms with van der Waals surface area (Å²) in [5.74, 6) is 1.54. The van der Waals surface area contributed by atoms with E-state index >= 15 is 0 Å². The molecule has 0 fully saturated rings. The van der Waals surface area contributed by atoms with E-state index in [2.05, 4.69) is 10.3 Å². The number of aromatic amines is 1. The van der Waals surface area contributed by atoms with E-state index in [1.807, 2.05) is 31.2 Å². The second-order valence-corrected chi connectivity index (χ2v) is 7.36. The first-order valence-corrected chi connectivity index (χ1v) is 10.4. The van der Waals surface area contributed by atoms with E-state index in [-0.39, 0.29) is 11.5 Å². The normalized spacial score (nSPS) is 10.7. The molecule has 0 spiro atoms. The van der Waals surface area contributed by atoms with Crippen molar-refractivity contribution in [2.75, 3.05) is 12.4 Å². The van der Waals surface area contributed by atoms with Crippen molar-refractivity contribution in [1.82, 2.24) is 9.55 Å². The third-order valence-electron chi connectivity index (χ3n) is 4.97. The lowest BCUT2D eigenvalue weighted by molar-refractivity contribution is 0.102. The van der Waals surface area contributed by atoms with Gasteiger partial charge in [-0.25, -0.2) is 0 Å². The fraction of sp³-hybridized carbons (Fsp3) is 0.125. The van der Waals surface area contributed by atoms with E-state index < -0.39 is 0 Å². The maximum absolute atomic E-state index is 12.7. The lowest BCUT2D eigenvalue weighted by atomic mass is 10.1. The zero-order valence-electron chi connectivity index (χ0n) is 17.5. The van der Waals surface area contributed by atoms with Crippen molar-refractivity contribution in [2.45, 2.75) is 13.5 Å². The average Bonchev–Trinajstić information content (AvgIpc) is 2.80. The monoisotopic (exact) mass is 447 g/mol. The highest BCUT2D eigenvalue weighted by molar-refractivity contribution is 7.71. The molecule has 0 bridgehead atoms. The fourth-order valence-electron chi connectivity index (χ4n) is 3.32. The van der Waals surface area contributed by atoms with Crippen LogP contribution in [-0.4, -0.2) is 22.6 Å². The van der Waals surface area contributed by atoms with Gasteiger partial charge >= 0.3 is 0 Å². The Morgan fingerprint density at radius 1 is 1.06 bits per heavy atom. The van der Waals surface area contributed by atoms with Gasteiger partial charge in [0.15, 0.2) is 16.3 Å². The van der Waals surface area contributed by atoms with Crippen LogP contribution in [0.2, 0.25) is 0 Å². The first-order valence-electron chi connectivity index (χ1n) is 9.99. The van der Waals surface area contributed by atoms with E-state index in [0.29, 0.717) is 50.7 Å². The van der Waals surface area contributed by atoms with Crippen molar-refractivity contribution < 1.29 is 14.3 Å². The van der Waals surface area contributed by atoms with Crippen LogP contribution < -0.4 is 20.3 Å². The summed E-state index contributed by atoms with van der Waals surface area (Å²) in [7, 11) is 1.58. The highest BCUT2D eigenvalue weighted by atomic mass is 32.1. The summed E-state index contributed by atoms with van der Waals surface area (Å²) in [6, 6.07) is 19.2. The van der Waals surface area contributed by atoms with E-state index in [9.17, 15) is 9.59 Å². The SMILES string of the molecule is CCn1c(=S)[nH]c2cc(C(=O)Nc3ccc(Oc4ccccc4OC)cc3)ccc2c1=O. The summed E-state index contributed by atoms with van der Waals surface area (Å²) < 4.78 is 12.9. The van der Waals surface area contributed by atoms with Gasteiger partial charge in [-0.05, 0) is 73.7 Å². The molecule has 4 rings (SSSR count). The summed E-state index contributed by atoms with van der Waals surface area (Å²) >= 11 is 5.24. The zero-order chi connectivity index (χ0) is 22.7. The lowest BCUT2D eigenvalue weighted by Crippen LogP contribution is -2.21. The number of amides is 1. The van der Waals surface area contributed by atoms with E-state index in [1.165, 1.54) is 4.57 Å². The van der Waals surface area contributed by atoms with Crippen molar-refractivity contribution in [2.24, 2.45) is 0 Å². The molecular weight excluding hydrogens is 426 g/mol. The van der Waals surface area contributed by atoms with Crippen LogP contribution in [-0.2, 0) is 6.54 Å². The highest BCUT2D eigenvalue weighted by Crippen LogP contribution is 2.31. The van der Waals surface area contributed by atoms with Gasteiger partial charge in [0.2, 0.25) is 0 Å². The van der Waals surface area contributed by atoms with Crippen LogP contribution in [0.3, 0.4) is 0 Å². The topological polar surface area (TPSA) is 85.3 Å². The minimum absolute atomic E-state index is 0.177. The number of nitrogens with one attached hydrogen (secondary N) is 2. The molecule has 32 heavy (non-hydrogen) atoms. The van der Waals surface area contributed by atoms with Gasteiger partial charge in [-0.1, -0.05) is 12.1 Å². The molecule has 0 radical (unpaired) electrons. The van der Waals surface area contributed by atoms with Gasteiger partial charge in [-0.3, -0.25) is 14.2 Å². The van der Waals surface area contributed by atoms with E-state index in [4.69, 9.17) is 21.7 Å². The molecule has 8 heteroatoms. The number of hydrogen-bond donors (Lipinski definition) is 2. The van der Waals surface area contributed by atoms with Gasteiger partial charge in [-0.2, -0.15) is 0 Å². The average molecular weight is 448 g/mol. The molecular formula is C24H21N3O4S. The molecule has 0 saturated carbocycles. The Morgan fingerprint density at radius 2 is 1.78 bits per heavy atom. The highest BCUT2D eigenvalue weighted by Gasteiger charge is 2.11. The minimum atomic E-state index is -0.302. The number of hydrogen-bond acceptors (Lipinski definition) is 5. The summed E-state index contributed by atoms with van der Waals surface area (Å²) in [4.78, 5) is 28.3. The first-order chi connectivity index (χ1) is 15.5. The van der Waals surface area contributed by atoms with Crippen LogP contribution in [0.25, 0.3) is 10.9 Å². The molecule has 0 unspecified atom stereocenters. The van der Waals surface area contributed by atoms with E-state index in [1.54, 1.807) is 49.6 Å². The molecule has 1 aromatic heterocycles. The van der Waals surface area contributed by atoms with Gasteiger partial charge in [0.1, 0.15) is 5.75 Å². The largest absolute Gasteiger partial charge is 0.493 e. The van der Waals surface area contributed by atoms with Crippen molar-refractivity contribution in [3.8, 4) is 17.2 Å². The minimum Gasteiger partial charge on any atom is -0.493 e. The second kappa shape index (κ2) is 9.07. The Labute approximate surface area is 189 Å². The Kier molecular flexibility index (Phi) is 6.04. The first kappa shape index (κ1) is 21.3. The summed E-state index contributed by atoms with van der Waals surface area (Å²) in [5.41, 5.74) is 1.37. The molecule has 0 atom stereocenters. The number of nitrogens with zero attached hydrogens (tertiary/aromatic N) is 1. The number of fused-ring (bicyclic) bond motifs is 1. The maximum Gasteiger partial charge on any atom is 0.262 e. The van der Waals surface area contributed by atoms with Crippen LogP contribution in [0.4, 0.5) is 5.69 Å². The molecule has 4 aromatic rings. The fourth-order valence-corrected chi connectivity index (χ4v) is 3.64. The summed E-state index contributed by atoms with van der Waals surface area (Å²) in [6.45, 7) is 2.33. The number of benzene rings is 3. The van der Waals surface area contributed by atoms with Gasteiger partial charge in [-0.15, -0.1) is 0 Å². The van der Waals surface area contributed by atoms with Gasteiger partial charge < -0.3 is 19.8 Å². The third kappa shape index (κ3) is 4.26. The van der Waals surface area contributed by atoms with Crippen LogP contribution in [0.15, 0.2) is 71.5 Å². The van der Waals surface area contributed by atoms with E-state index in [0.717, 1.165) is 0 Å². The molecule has 1 amide bonds. The number of carbonyl (C=O) groups is 1. The molecule has 0 aliphatic rings. The molecule has 0 aliphatic heterocycles. The van der Waals surface area contributed by atoms with Crippen molar-refractivity contribution in [3.63, 3.8) is 0 Å². The number of anilines is 1. The number of aromatic nitrogens is 2. The Bertz CT molecular complexity index is 1410. The number of H-pyrrole nitrogens is 1. The third-order valence-corrected chi connectivity index (χ3v) is 5.29. The maximum atomic E-state index is 12.7. The number of ether oxygens (including phenoxy) is 2. The van der Waals surface area contributed by atoms with Gasteiger partial charge in [0, 0.05) is 17.8 Å². The Balaban J connectivity index is 1.52. The standard InChI is InChI=1S/C24H21N3O4S/c1-3-27-23(29)18-13-8-15(14-19(18)26-24(27)32)22(28)25-16-9-11-17(12-10-16)31-21-7-5-4-6-20(21)30-2/h4-14H,3H2,1-2H3,(H,25,28)(H,26,32). The number of carbonyl (C=O) groups excluding carboxylic acids is 1. The van der Waals surface area contributed by atoms with Crippen LogP contribution in [0.5, 0.6) is 17.2 Å². The predicted octanol–water partition coefficient (Wildman–Crippen LogP) is 5.13. The molecule has 2 N–H and O–H groups in total. The van der Waals surface area contributed by atoms with Gasteiger partial charge in [0.25, 0.3) is 11.5 Å². The molecule has 0 aliphatic carbocycles. The van der Waals surface area contributed by atoms with Crippen LogP contribution in [0, 0.1) is 4.77 Å². The number of rotatable bonds is 6. The summed E-state index contributed by atoms with van der Waals surface area (Å²) in [5, 5.41) is 3.33. The smallest absolute Gasteiger partial charge is 0.262 e. The molecule has 7 nitrogen and oxygen atoms in total. The van der Waals surface area contributed by atoms with Crippen molar-refractivity contribution >= 4 is 34.7 Å².